The highest BCUT2D eigenvalue weighted by molar-refractivity contribution is 5.85. The van der Waals surface area contributed by atoms with Crippen LogP contribution in [0.4, 0.5) is 4.79 Å². The van der Waals surface area contributed by atoms with Crippen LogP contribution < -0.4 is 10.6 Å². The first kappa shape index (κ1) is 15.8. The van der Waals surface area contributed by atoms with Crippen LogP contribution in [0.2, 0.25) is 0 Å². The highest BCUT2D eigenvalue weighted by atomic mass is 16.4. The molecule has 0 aliphatic carbocycles. The van der Waals surface area contributed by atoms with Gasteiger partial charge in [0.15, 0.2) is 0 Å². The molecule has 3 N–H and O–H groups in total. The molecule has 6 nitrogen and oxygen atoms in total. The fourth-order valence-corrected chi connectivity index (χ4v) is 2.48. The van der Waals surface area contributed by atoms with E-state index in [1.807, 2.05) is 14.0 Å². The highest BCUT2D eigenvalue weighted by Gasteiger charge is 2.34. The Hall–Kier alpha value is -1.30. The molecule has 19 heavy (non-hydrogen) atoms. The minimum absolute atomic E-state index is 0.0958. The van der Waals surface area contributed by atoms with Crippen molar-refractivity contribution in [3.8, 4) is 0 Å². The molecule has 1 heterocycles. The maximum Gasteiger partial charge on any atom is 0.329 e. The predicted molar refractivity (Wildman–Crippen MR) is 73.1 cm³/mol. The van der Waals surface area contributed by atoms with E-state index >= 15 is 0 Å². The number of amides is 2. The van der Waals surface area contributed by atoms with Gasteiger partial charge >= 0.3 is 12.0 Å². The second-order valence-electron chi connectivity index (χ2n) is 5.59. The van der Waals surface area contributed by atoms with E-state index in [4.69, 9.17) is 0 Å². The molecule has 6 heteroatoms. The van der Waals surface area contributed by atoms with Crippen molar-refractivity contribution in [3.05, 3.63) is 0 Å². The van der Waals surface area contributed by atoms with Crippen LogP contribution in [0.25, 0.3) is 0 Å². The first-order chi connectivity index (χ1) is 8.87. The van der Waals surface area contributed by atoms with Crippen molar-refractivity contribution in [3.63, 3.8) is 0 Å². The molecule has 0 radical (unpaired) electrons. The molecular formula is C13H25N3O3. The number of urea groups is 1. The lowest BCUT2D eigenvalue weighted by Gasteiger charge is -2.32. The summed E-state index contributed by atoms with van der Waals surface area (Å²) < 4.78 is 0. The second kappa shape index (κ2) is 6.75. The average molecular weight is 271 g/mol. The van der Waals surface area contributed by atoms with Crippen molar-refractivity contribution >= 4 is 12.0 Å². The van der Waals surface area contributed by atoms with Crippen molar-refractivity contribution in [2.24, 2.45) is 0 Å². The van der Waals surface area contributed by atoms with Crippen molar-refractivity contribution in [1.82, 2.24) is 15.5 Å². The van der Waals surface area contributed by atoms with Crippen molar-refractivity contribution in [1.29, 1.82) is 0 Å². The molecule has 2 amide bonds. The summed E-state index contributed by atoms with van der Waals surface area (Å²) in [6.07, 6.45) is 3.11. The van der Waals surface area contributed by atoms with Gasteiger partial charge in [0.1, 0.15) is 5.54 Å². The zero-order valence-corrected chi connectivity index (χ0v) is 12.0. The van der Waals surface area contributed by atoms with E-state index in [-0.39, 0.29) is 6.04 Å². The van der Waals surface area contributed by atoms with E-state index < -0.39 is 17.5 Å². The molecule has 1 aliphatic heterocycles. The van der Waals surface area contributed by atoms with Crippen LogP contribution in [-0.2, 0) is 4.79 Å². The summed E-state index contributed by atoms with van der Waals surface area (Å²) >= 11 is 0. The quantitative estimate of drug-likeness (QED) is 0.697. The first-order valence-corrected chi connectivity index (χ1v) is 6.88. The lowest BCUT2D eigenvalue weighted by Crippen LogP contribution is -2.58. The van der Waals surface area contributed by atoms with Gasteiger partial charge in [-0.2, -0.15) is 0 Å². The molecule has 110 valence electrons. The topological polar surface area (TPSA) is 81.7 Å². The number of carbonyl (C=O) groups excluding carboxylic acids is 1. The summed E-state index contributed by atoms with van der Waals surface area (Å²) in [6, 6.07) is -0.294. The number of aliphatic carboxylic acids is 1. The van der Waals surface area contributed by atoms with Crippen molar-refractivity contribution in [2.45, 2.75) is 51.1 Å². The van der Waals surface area contributed by atoms with E-state index in [0.29, 0.717) is 12.8 Å². The van der Waals surface area contributed by atoms with Gasteiger partial charge in [-0.3, -0.25) is 0 Å². The fraction of sp³-hybridized carbons (Fsp3) is 0.846. The van der Waals surface area contributed by atoms with Gasteiger partial charge in [-0.1, -0.05) is 13.3 Å². The summed E-state index contributed by atoms with van der Waals surface area (Å²) in [7, 11) is 2.02. The number of likely N-dealkylation sites (tertiary alicyclic amines) is 1. The van der Waals surface area contributed by atoms with Gasteiger partial charge in [0, 0.05) is 12.6 Å². The third-order valence-corrected chi connectivity index (χ3v) is 3.57. The number of hydrogen-bond donors (Lipinski definition) is 3. The predicted octanol–water partition coefficient (Wildman–Crippen LogP) is 1.02. The zero-order valence-electron chi connectivity index (χ0n) is 12.0. The van der Waals surface area contributed by atoms with Crippen LogP contribution in [0.1, 0.15) is 39.5 Å². The number of rotatable bonds is 5. The van der Waals surface area contributed by atoms with E-state index in [1.54, 1.807) is 6.92 Å². The van der Waals surface area contributed by atoms with E-state index in [1.165, 1.54) is 0 Å². The maximum absolute atomic E-state index is 11.9. The van der Waals surface area contributed by atoms with Gasteiger partial charge in [-0.25, -0.2) is 9.59 Å². The Morgan fingerprint density at radius 2 is 2.16 bits per heavy atom. The van der Waals surface area contributed by atoms with Crippen LogP contribution in [0, 0.1) is 0 Å². The van der Waals surface area contributed by atoms with Gasteiger partial charge < -0.3 is 20.6 Å². The minimum Gasteiger partial charge on any atom is -0.480 e. The Morgan fingerprint density at radius 3 is 2.68 bits per heavy atom. The Kier molecular flexibility index (Phi) is 5.60. The average Bonchev–Trinajstić information content (AvgIpc) is 2.28. The van der Waals surface area contributed by atoms with Crippen molar-refractivity contribution < 1.29 is 14.7 Å². The van der Waals surface area contributed by atoms with Crippen LogP contribution in [0.15, 0.2) is 0 Å². The number of carboxylic acid groups (broad SMARTS) is 1. The molecule has 0 aromatic heterocycles. The van der Waals surface area contributed by atoms with Crippen LogP contribution >= 0.6 is 0 Å². The van der Waals surface area contributed by atoms with E-state index in [0.717, 1.165) is 25.9 Å². The largest absolute Gasteiger partial charge is 0.480 e. The highest BCUT2D eigenvalue weighted by Crippen LogP contribution is 2.13. The van der Waals surface area contributed by atoms with Gasteiger partial charge in [0.05, 0.1) is 0 Å². The summed E-state index contributed by atoms with van der Waals surface area (Å²) in [5, 5.41) is 14.7. The number of carboxylic acids is 1. The number of carbonyl (C=O) groups is 2. The second-order valence-corrected chi connectivity index (χ2v) is 5.59. The first-order valence-electron chi connectivity index (χ1n) is 6.88. The van der Waals surface area contributed by atoms with Gasteiger partial charge in [-0.05, 0) is 39.8 Å². The minimum atomic E-state index is -1.20. The SMILES string of the molecule is CCCC(C)(NC(=O)NC1CCCN(C)C1)C(=O)O. The zero-order chi connectivity index (χ0) is 14.5. The molecule has 1 aliphatic rings. The summed E-state index contributed by atoms with van der Waals surface area (Å²) in [5.41, 5.74) is -1.20. The molecular weight excluding hydrogens is 246 g/mol. The van der Waals surface area contributed by atoms with E-state index in [2.05, 4.69) is 15.5 Å². The summed E-state index contributed by atoms with van der Waals surface area (Å²) in [5.74, 6) is -0.995. The van der Waals surface area contributed by atoms with E-state index in [9.17, 15) is 14.7 Å². The number of nitrogens with one attached hydrogen (secondary N) is 2. The molecule has 1 fully saturated rings. The summed E-state index contributed by atoms with van der Waals surface area (Å²) in [4.78, 5) is 25.3. The third kappa shape index (κ3) is 4.70. The lowest BCUT2D eigenvalue weighted by atomic mass is 9.96. The van der Waals surface area contributed by atoms with Gasteiger partial charge in [0.2, 0.25) is 0 Å². The molecule has 0 aromatic carbocycles. The summed E-state index contributed by atoms with van der Waals surface area (Å²) in [6.45, 7) is 5.30. The number of likely N-dealkylation sites (N-methyl/N-ethyl adjacent to an activating group) is 1. The molecule has 0 spiro atoms. The number of piperidine rings is 1. The van der Waals surface area contributed by atoms with Crippen molar-refractivity contribution in [2.75, 3.05) is 20.1 Å². The smallest absolute Gasteiger partial charge is 0.329 e. The lowest BCUT2D eigenvalue weighted by molar-refractivity contribution is -0.144. The van der Waals surface area contributed by atoms with Crippen LogP contribution in [-0.4, -0.2) is 53.7 Å². The molecule has 2 unspecified atom stereocenters. The molecule has 0 bridgehead atoms. The third-order valence-electron chi connectivity index (χ3n) is 3.57. The van der Waals surface area contributed by atoms with Gasteiger partial charge in [0.25, 0.3) is 0 Å². The molecule has 2 atom stereocenters. The Balaban J connectivity index is 2.50. The normalized spacial score (nSPS) is 23.4. The standard InChI is InChI=1S/C13H25N3O3/c1-4-7-13(2,11(17)18)15-12(19)14-10-6-5-8-16(3)9-10/h10H,4-9H2,1-3H3,(H,17,18)(H2,14,15,19). The Morgan fingerprint density at radius 1 is 1.47 bits per heavy atom. The monoisotopic (exact) mass is 271 g/mol. The number of nitrogens with zero attached hydrogens (tertiary/aromatic N) is 1. The molecule has 0 saturated carbocycles. The fourth-order valence-electron chi connectivity index (χ4n) is 2.48. The molecule has 0 aromatic rings. The Labute approximate surface area is 114 Å². The number of hydrogen-bond acceptors (Lipinski definition) is 3. The Bertz CT molecular complexity index is 335. The molecule has 1 saturated heterocycles. The maximum atomic E-state index is 11.9. The molecule has 1 rings (SSSR count). The van der Waals surface area contributed by atoms with Gasteiger partial charge in [-0.15, -0.1) is 0 Å². The van der Waals surface area contributed by atoms with Crippen LogP contribution in [0.5, 0.6) is 0 Å². The van der Waals surface area contributed by atoms with Crippen LogP contribution in [0.3, 0.4) is 0 Å².